The number of hydrogen-bond donors (Lipinski definition) is 0. The summed E-state index contributed by atoms with van der Waals surface area (Å²) in [6, 6.07) is 69.3. The van der Waals surface area contributed by atoms with E-state index in [2.05, 4.69) is 198 Å². The minimum Gasteiger partial charge on any atom is -0.464 e. The number of hydrogen-bond acceptors (Lipinski definition) is 6. The molecule has 0 unspecified atom stereocenters. The van der Waals surface area contributed by atoms with Gasteiger partial charge in [-0.25, -0.2) is 0 Å². The van der Waals surface area contributed by atoms with Crippen molar-refractivity contribution in [3.8, 4) is 22.3 Å². The van der Waals surface area contributed by atoms with Gasteiger partial charge in [0.15, 0.2) is 0 Å². The summed E-state index contributed by atoms with van der Waals surface area (Å²) < 4.78 is 17.6. The van der Waals surface area contributed by atoms with E-state index >= 15 is 0 Å². The lowest BCUT2D eigenvalue weighted by molar-refractivity contribution is 0.615. The van der Waals surface area contributed by atoms with Crippen molar-refractivity contribution in [3.05, 3.63) is 201 Å². The summed E-state index contributed by atoms with van der Waals surface area (Å²) in [7, 11) is 0. The zero-order valence-corrected chi connectivity index (χ0v) is 36.3. The van der Waals surface area contributed by atoms with Crippen LogP contribution in [0.3, 0.4) is 0 Å². The maximum Gasteiger partial charge on any atom is 0.252 e. The highest BCUT2D eigenvalue weighted by Gasteiger charge is 2.45. The fraction of sp³-hybridized carbons (Fsp3) is 0. The van der Waals surface area contributed by atoms with Crippen LogP contribution in [-0.2, 0) is 0 Å². The van der Waals surface area contributed by atoms with Gasteiger partial charge in [-0.3, -0.25) is 0 Å². The summed E-state index contributed by atoms with van der Waals surface area (Å²) in [6.45, 7) is -0.0859. The summed E-state index contributed by atoms with van der Waals surface area (Å²) in [5.74, 6) is 0. The lowest BCUT2D eigenvalue weighted by Gasteiger charge is -2.45. The van der Waals surface area contributed by atoms with E-state index in [-0.39, 0.29) is 6.71 Å². The Morgan fingerprint density at radius 3 is 1.31 bits per heavy atom. The first kappa shape index (κ1) is 35.6. The molecule has 6 heterocycles. The Kier molecular flexibility index (Phi) is 7.31. The van der Waals surface area contributed by atoms with Gasteiger partial charge in [0.25, 0.3) is 6.71 Å². The van der Waals surface area contributed by atoms with Gasteiger partial charge in [0, 0.05) is 74.2 Å². The molecule has 7 heteroatoms. The van der Waals surface area contributed by atoms with Gasteiger partial charge in [-0.2, -0.15) is 0 Å². The molecule has 0 spiro atoms. The molecule has 0 aliphatic carbocycles. The highest BCUT2D eigenvalue weighted by atomic mass is 32.1. The van der Waals surface area contributed by atoms with Crippen LogP contribution < -0.4 is 26.2 Å². The van der Waals surface area contributed by atoms with Gasteiger partial charge in [0.05, 0.1) is 23.9 Å². The zero-order valence-electron chi connectivity index (χ0n) is 34.7. The Hall–Kier alpha value is -7.84. The van der Waals surface area contributed by atoms with E-state index in [1.54, 1.807) is 0 Å². The highest BCUT2D eigenvalue weighted by Crippen LogP contribution is 2.53. The SMILES string of the molecule is c1ccc(-c2ccc3occc3c2N2c3cc4sc5ccccc5c4cc3B3c4cc5c(cc4N(c4c(-c6ccccc6)ccc6occc46)c4cccc2c43)sc2ccccc25)cc1. The third-order valence-corrected chi connectivity index (χ3v) is 16.1. The molecular weight excluding hydrogens is 832 g/mol. The van der Waals surface area contributed by atoms with Crippen LogP contribution in [0.1, 0.15) is 0 Å². The van der Waals surface area contributed by atoms with Crippen LogP contribution in [0.4, 0.5) is 34.1 Å². The molecule has 0 saturated heterocycles. The van der Waals surface area contributed by atoms with Gasteiger partial charge in [-0.1, -0.05) is 115 Å². The molecular formula is C58H33BN2O2S2. The van der Waals surface area contributed by atoms with Gasteiger partial charge in [0.2, 0.25) is 0 Å². The Morgan fingerprint density at radius 2 is 0.815 bits per heavy atom. The Bertz CT molecular complexity index is 3850. The Morgan fingerprint density at radius 1 is 0.354 bits per heavy atom. The highest BCUT2D eigenvalue weighted by molar-refractivity contribution is 7.26. The number of nitrogens with zero attached hydrogens (tertiary/aromatic N) is 2. The molecule has 0 amide bonds. The summed E-state index contributed by atoms with van der Waals surface area (Å²) in [6.07, 6.45) is 3.66. The topological polar surface area (TPSA) is 32.8 Å². The number of benzene rings is 9. The van der Waals surface area contributed by atoms with Crippen molar-refractivity contribution in [2.75, 3.05) is 9.80 Å². The van der Waals surface area contributed by atoms with Gasteiger partial charge in [-0.05, 0) is 111 Å². The first-order chi connectivity index (χ1) is 32.2. The number of thiophene rings is 2. The molecule has 0 bridgehead atoms. The van der Waals surface area contributed by atoms with Crippen molar-refractivity contribution in [3.63, 3.8) is 0 Å². The van der Waals surface area contributed by atoms with E-state index < -0.39 is 0 Å². The average Bonchev–Trinajstić information content (AvgIpc) is 4.18. The van der Waals surface area contributed by atoms with Crippen LogP contribution in [-0.4, -0.2) is 6.71 Å². The fourth-order valence-corrected chi connectivity index (χ4v) is 13.3. The van der Waals surface area contributed by atoms with Gasteiger partial charge >= 0.3 is 0 Å². The number of furan rings is 2. The second-order valence-electron chi connectivity index (χ2n) is 17.1. The van der Waals surface area contributed by atoms with Crippen molar-refractivity contribution in [1.29, 1.82) is 0 Å². The molecule has 0 N–H and O–H groups in total. The van der Waals surface area contributed by atoms with Crippen LogP contribution in [0.2, 0.25) is 0 Å². The third kappa shape index (κ3) is 4.97. The fourth-order valence-electron chi connectivity index (χ4n) is 11.1. The minimum absolute atomic E-state index is 0.0859. The maximum atomic E-state index is 6.24. The molecule has 65 heavy (non-hydrogen) atoms. The Balaban J connectivity index is 1.12. The standard InChI is InChI=1S/C58H33BN2O2S2/c1-3-12-34(13-4-1)36-22-24-50-40(26-28-62-50)57(36)60-46-18-11-19-47-56(46)59(44-30-42-38-16-7-9-20-52(38)64-54(42)32-48(44)60)45-31-43-39-17-8-10-21-53(39)65-55(43)33-49(45)61(47)58-37(35-14-5-2-6-15-35)23-25-51-41(58)27-29-63-51/h1-33H. The molecule has 2 aliphatic rings. The van der Waals surface area contributed by atoms with E-state index in [9.17, 15) is 0 Å². The minimum atomic E-state index is -0.0859. The smallest absolute Gasteiger partial charge is 0.252 e. The largest absolute Gasteiger partial charge is 0.464 e. The lowest BCUT2D eigenvalue weighted by Crippen LogP contribution is -2.61. The molecule has 302 valence electrons. The van der Waals surface area contributed by atoms with Crippen LogP contribution >= 0.6 is 22.7 Å². The first-order valence-corrected chi connectivity index (χ1v) is 23.6. The monoisotopic (exact) mass is 864 g/mol. The van der Waals surface area contributed by atoms with Crippen LogP contribution in [0, 0.1) is 0 Å². The molecule has 13 aromatic rings. The van der Waals surface area contributed by atoms with E-state index in [1.165, 1.54) is 68.1 Å². The number of fused-ring (bicyclic) bond motifs is 12. The van der Waals surface area contributed by atoms with Crippen LogP contribution in [0.5, 0.6) is 0 Å². The molecule has 4 aromatic heterocycles. The van der Waals surface area contributed by atoms with Crippen LogP contribution in [0.25, 0.3) is 84.5 Å². The van der Waals surface area contributed by atoms with Crippen molar-refractivity contribution in [2.45, 2.75) is 0 Å². The predicted octanol–water partition coefficient (Wildman–Crippen LogP) is 15.3. The zero-order chi connectivity index (χ0) is 42.3. The van der Waals surface area contributed by atoms with Crippen molar-refractivity contribution in [2.24, 2.45) is 0 Å². The molecule has 15 rings (SSSR count). The predicted molar refractivity (Wildman–Crippen MR) is 277 cm³/mol. The normalized spacial score (nSPS) is 13.1. The van der Waals surface area contributed by atoms with Crippen molar-refractivity contribution < 1.29 is 8.83 Å². The molecule has 0 atom stereocenters. The number of anilines is 6. The molecule has 0 radical (unpaired) electrons. The van der Waals surface area contributed by atoms with Crippen molar-refractivity contribution >= 4 is 142 Å². The van der Waals surface area contributed by atoms with Gasteiger partial charge < -0.3 is 18.6 Å². The average molecular weight is 865 g/mol. The molecule has 9 aromatic carbocycles. The Labute approximate surface area is 381 Å². The van der Waals surface area contributed by atoms with E-state index in [0.29, 0.717) is 0 Å². The molecule has 4 nitrogen and oxygen atoms in total. The number of rotatable bonds is 4. The quantitative estimate of drug-likeness (QED) is 0.165. The molecule has 0 fully saturated rings. The second-order valence-corrected chi connectivity index (χ2v) is 19.3. The summed E-state index contributed by atoms with van der Waals surface area (Å²) in [5.41, 5.74) is 17.0. The first-order valence-electron chi connectivity index (χ1n) is 22.0. The summed E-state index contributed by atoms with van der Waals surface area (Å²) in [5, 5.41) is 7.29. The van der Waals surface area contributed by atoms with E-state index in [1.807, 2.05) is 35.2 Å². The lowest BCUT2D eigenvalue weighted by atomic mass is 9.33. The van der Waals surface area contributed by atoms with Gasteiger partial charge in [0.1, 0.15) is 11.2 Å². The maximum absolute atomic E-state index is 6.24. The third-order valence-electron chi connectivity index (χ3n) is 13.8. The summed E-state index contributed by atoms with van der Waals surface area (Å²) >= 11 is 3.75. The van der Waals surface area contributed by atoms with Crippen LogP contribution in [0.15, 0.2) is 209 Å². The van der Waals surface area contributed by atoms with Gasteiger partial charge in [-0.15, -0.1) is 22.7 Å². The van der Waals surface area contributed by atoms with E-state index in [4.69, 9.17) is 8.83 Å². The van der Waals surface area contributed by atoms with Crippen molar-refractivity contribution in [1.82, 2.24) is 0 Å². The molecule has 2 aliphatic heterocycles. The van der Waals surface area contributed by atoms with E-state index in [0.717, 1.165) is 66.9 Å². The summed E-state index contributed by atoms with van der Waals surface area (Å²) in [4.78, 5) is 5.12. The molecule has 0 saturated carbocycles. The second kappa shape index (κ2) is 13.3.